The quantitative estimate of drug-likeness (QED) is 0.0535. The number of thiol groups is 1. The SMILES string of the molecule is CC(C)C[C@H](NC(=O)[C@H](CC(=O)O)NC(=O)[C@@H](N)CC(=O)O)C(=O)N[C@@H](CCC(=O)O)C(=O)N[C@@H](CC1CCCCC1)C(=O)N[C@@H](CS)C(=O)O. The lowest BCUT2D eigenvalue weighted by Crippen LogP contribution is -2.60. The number of aliphatic carboxylic acids is 4. The molecule has 288 valence electrons. The van der Waals surface area contributed by atoms with E-state index < -0.39 is 115 Å². The van der Waals surface area contributed by atoms with Crippen molar-refractivity contribution in [3.05, 3.63) is 0 Å². The molecular formula is C31H50N6O13S. The second-order valence-electron chi connectivity index (χ2n) is 12.9. The molecule has 1 saturated carbocycles. The fraction of sp³-hybridized carbons (Fsp3) is 0.710. The molecule has 1 aliphatic rings. The summed E-state index contributed by atoms with van der Waals surface area (Å²) in [5.74, 6) is -11.1. The fourth-order valence-corrected chi connectivity index (χ4v) is 5.69. The van der Waals surface area contributed by atoms with Crippen LogP contribution in [0, 0.1) is 11.8 Å². The van der Waals surface area contributed by atoms with Crippen molar-refractivity contribution in [2.45, 2.75) is 121 Å². The van der Waals surface area contributed by atoms with Crippen LogP contribution < -0.4 is 32.3 Å². The Morgan fingerprint density at radius 2 is 1.10 bits per heavy atom. The summed E-state index contributed by atoms with van der Waals surface area (Å²) < 4.78 is 0. The van der Waals surface area contributed by atoms with E-state index in [2.05, 4.69) is 39.2 Å². The Kier molecular flexibility index (Phi) is 19.6. The number of hydrogen-bond donors (Lipinski definition) is 11. The summed E-state index contributed by atoms with van der Waals surface area (Å²) in [5, 5.41) is 48.6. The van der Waals surface area contributed by atoms with Gasteiger partial charge in [-0.15, -0.1) is 0 Å². The van der Waals surface area contributed by atoms with E-state index in [0.717, 1.165) is 32.1 Å². The second kappa shape index (κ2) is 22.4. The van der Waals surface area contributed by atoms with Gasteiger partial charge in [0.05, 0.1) is 18.9 Å². The van der Waals surface area contributed by atoms with Crippen LogP contribution in [0.5, 0.6) is 0 Å². The molecule has 0 spiro atoms. The summed E-state index contributed by atoms with van der Waals surface area (Å²) >= 11 is 3.95. The number of nitrogens with one attached hydrogen (secondary N) is 5. The average Bonchev–Trinajstić information content (AvgIpc) is 3.03. The Hall–Kier alpha value is -4.46. The normalized spacial score (nSPS) is 16.6. The standard InChI is InChI=1S/C31H50N6O13S/c1-15(2)10-19(35-30(48)21(13-25(42)43)34-26(44)17(32)12-24(40)41)28(46)33-18(8-9-23(38)39)27(45)36-20(11-16-6-4-3-5-7-16)29(47)37-22(14-51)31(49)50/h15-22,51H,3-14,32H2,1-2H3,(H,33,46)(H,34,44)(H,35,48)(H,36,45)(H,37,47)(H,38,39)(H,40,41)(H,42,43)(H,49,50)/t17-,18-,19-,20-,21-,22-/m0/s1. The maximum atomic E-state index is 13.6. The first kappa shape index (κ1) is 44.6. The topological polar surface area (TPSA) is 321 Å². The molecular weight excluding hydrogens is 696 g/mol. The van der Waals surface area contributed by atoms with Crippen LogP contribution in [0.1, 0.15) is 84.5 Å². The fourth-order valence-electron chi connectivity index (χ4n) is 5.45. The van der Waals surface area contributed by atoms with Gasteiger partial charge in [0, 0.05) is 12.2 Å². The number of carbonyl (C=O) groups excluding carboxylic acids is 5. The first-order chi connectivity index (χ1) is 23.8. The molecule has 19 nitrogen and oxygen atoms in total. The lowest BCUT2D eigenvalue weighted by molar-refractivity contribution is -0.143. The van der Waals surface area contributed by atoms with Crippen molar-refractivity contribution < 1.29 is 63.6 Å². The van der Waals surface area contributed by atoms with E-state index >= 15 is 0 Å². The van der Waals surface area contributed by atoms with Crippen molar-refractivity contribution in [3.63, 3.8) is 0 Å². The Morgan fingerprint density at radius 1 is 0.627 bits per heavy atom. The van der Waals surface area contributed by atoms with Gasteiger partial charge in [-0.2, -0.15) is 12.6 Å². The number of rotatable bonds is 23. The van der Waals surface area contributed by atoms with Crippen LogP contribution >= 0.6 is 12.6 Å². The van der Waals surface area contributed by atoms with E-state index in [-0.39, 0.29) is 30.4 Å². The van der Waals surface area contributed by atoms with E-state index in [1.54, 1.807) is 13.8 Å². The van der Waals surface area contributed by atoms with Gasteiger partial charge >= 0.3 is 23.9 Å². The summed E-state index contributed by atoms with van der Waals surface area (Å²) in [5.41, 5.74) is 5.52. The third kappa shape index (κ3) is 17.3. The Bertz CT molecular complexity index is 1280. The lowest BCUT2D eigenvalue weighted by atomic mass is 9.84. The Balaban J connectivity index is 3.30. The number of amides is 5. The highest BCUT2D eigenvalue weighted by Crippen LogP contribution is 2.27. The van der Waals surface area contributed by atoms with Gasteiger partial charge in [0.1, 0.15) is 30.2 Å². The van der Waals surface area contributed by atoms with E-state index in [1.807, 2.05) is 0 Å². The van der Waals surface area contributed by atoms with Gasteiger partial charge in [-0.3, -0.25) is 38.4 Å². The lowest BCUT2D eigenvalue weighted by Gasteiger charge is -2.29. The van der Waals surface area contributed by atoms with Crippen molar-refractivity contribution in [3.8, 4) is 0 Å². The largest absolute Gasteiger partial charge is 0.481 e. The monoisotopic (exact) mass is 746 g/mol. The third-order valence-corrected chi connectivity index (χ3v) is 8.45. The van der Waals surface area contributed by atoms with Crippen LogP contribution in [-0.2, 0) is 43.2 Å². The molecule has 20 heteroatoms. The first-order valence-electron chi connectivity index (χ1n) is 16.6. The summed E-state index contributed by atoms with van der Waals surface area (Å²) in [7, 11) is 0. The first-order valence-corrected chi connectivity index (χ1v) is 17.2. The van der Waals surface area contributed by atoms with Crippen molar-refractivity contribution in [1.29, 1.82) is 0 Å². The number of hydrogen-bond acceptors (Lipinski definition) is 11. The van der Waals surface area contributed by atoms with Gasteiger partial charge in [-0.25, -0.2) is 4.79 Å². The minimum Gasteiger partial charge on any atom is -0.481 e. The molecule has 0 aliphatic heterocycles. The molecule has 0 aromatic carbocycles. The van der Waals surface area contributed by atoms with E-state index in [0.29, 0.717) is 0 Å². The average molecular weight is 747 g/mol. The highest BCUT2D eigenvalue weighted by Gasteiger charge is 2.35. The number of carboxylic acids is 4. The van der Waals surface area contributed by atoms with E-state index in [1.165, 1.54) is 0 Å². The maximum Gasteiger partial charge on any atom is 0.327 e. The van der Waals surface area contributed by atoms with Crippen molar-refractivity contribution in [2.24, 2.45) is 17.6 Å². The smallest absolute Gasteiger partial charge is 0.327 e. The molecule has 0 heterocycles. The number of carbonyl (C=O) groups is 9. The van der Waals surface area contributed by atoms with Crippen LogP contribution in [0.3, 0.4) is 0 Å². The summed E-state index contributed by atoms with van der Waals surface area (Å²) in [6.45, 7) is 3.37. The maximum absolute atomic E-state index is 13.6. The van der Waals surface area contributed by atoms with Crippen molar-refractivity contribution in [2.75, 3.05) is 5.75 Å². The molecule has 1 fully saturated rings. The van der Waals surface area contributed by atoms with Crippen LogP contribution in [0.4, 0.5) is 0 Å². The molecule has 51 heavy (non-hydrogen) atoms. The molecule has 0 aromatic rings. The van der Waals surface area contributed by atoms with Crippen LogP contribution in [0.15, 0.2) is 0 Å². The minimum atomic E-state index is -1.78. The minimum absolute atomic E-state index is 0.0182. The molecule has 0 unspecified atom stereocenters. The zero-order chi connectivity index (χ0) is 38.8. The van der Waals surface area contributed by atoms with E-state index in [4.69, 9.17) is 10.8 Å². The molecule has 1 rings (SSSR count). The van der Waals surface area contributed by atoms with Crippen LogP contribution in [-0.4, -0.2) is 116 Å². The highest BCUT2D eigenvalue weighted by atomic mass is 32.1. The zero-order valence-corrected chi connectivity index (χ0v) is 29.5. The number of carboxylic acid groups (broad SMARTS) is 4. The molecule has 0 radical (unpaired) electrons. The van der Waals surface area contributed by atoms with Gasteiger partial charge in [0.15, 0.2) is 0 Å². The summed E-state index contributed by atoms with van der Waals surface area (Å²) in [6, 6.07) is -9.00. The number of nitrogens with two attached hydrogens (primary N) is 1. The Morgan fingerprint density at radius 3 is 1.61 bits per heavy atom. The molecule has 6 atom stereocenters. The predicted molar refractivity (Wildman–Crippen MR) is 181 cm³/mol. The second-order valence-corrected chi connectivity index (χ2v) is 13.3. The molecule has 0 aromatic heterocycles. The van der Waals surface area contributed by atoms with Gasteiger partial charge in [-0.05, 0) is 31.1 Å². The van der Waals surface area contributed by atoms with Crippen molar-refractivity contribution >= 4 is 66.0 Å². The summed E-state index contributed by atoms with van der Waals surface area (Å²) in [6.07, 6.45) is 1.59. The Labute approximate surface area is 300 Å². The predicted octanol–water partition coefficient (Wildman–Crippen LogP) is -1.42. The highest BCUT2D eigenvalue weighted by molar-refractivity contribution is 7.80. The molecule has 1 aliphatic carbocycles. The molecule has 5 amide bonds. The molecule has 11 N–H and O–H groups in total. The third-order valence-electron chi connectivity index (χ3n) is 8.09. The van der Waals surface area contributed by atoms with Crippen LogP contribution in [0.2, 0.25) is 0 Å². The molecule has 0 saturated heterocycles. The summed E-state index contributed by atoms with van der Waals surface area (Å²) in [4.78, 5) is 111. The van der Waals surface area contributed by atoms with Gasteiger partial charge in [0.2, 0.25) is 29.5 Å². The molecule has 0 bridgehead atoms. The zero-order valence-electron chi connectivity index (χ0n) is 28.6. The van der Waals surface area contributed by atoms with Gasteiger partial charge in [-0.1, -0.05) is 46.0 Å². The van der Waals surface area contributed by atoms with E-state index in [9.17, 15) is 58.5 Å². The van der Waals surface area contributed by atoms with Crippen molar-refractivity contribution in [1.82, 2.24) is 26.6 Å². The van der Waals surface area contributed by atoms with Crippen LogP contribution in [0.25, 0.3) is 0 Å². The van der Waals surface area contributed by atoms with Gasteiger partial charge < -0.3 is 52.7 Å². The van der Waals surface area contributed by atoms with Gasteiger partial charge in [0.25, 0.3) is 0 Å².